The third-order valence-corrected chi connectivity index (χ3v) is 6.87. The molecule has 0 saturated carbocycles. The van der Waals surface area contributed by atoms with Gasteiger partial charge in [0.15, 0.2) is 12.8 Å². The lowest BCUT2D eigenvalue weighted by atomic mass is 9.98. The minimum Gasteiger partial charge on any atom is -0.464 e. The largest absolute Gasteiger partial charge is 0.464 e. The Kier molecular flexibility index (Phi) is 19.5. The van der Waals surface area contributed by atoms with Gasteiger partial charge in [-0.1, -0.05) is 103 Å². The molecule has 5 atom stereocenters. The van der Waals surface area contributed by atoms with E-state index in [4.69, 9.17) is 14.3 Å². The lowest BCUT2D eigenvalue weighted by molar-refractivity contribution is -0.325. The predicted octanol–water partition coefficient (Wildman–Crippen LogP) is 3.45. The van der Waals surface area contributed by atoms with Crippen LogP contribution in [0.4, 0.5) is 0 Å². The average molecular weight is 520 g/mol. The van der Waals surface area contributed by atoms with Gasteiger partial charge in [-0.25, -0.2) is 4.79 Å². The van der Waals surface area contributed by atoms with Crippen molar-refractivity contribution in [3.63, 3.8) is 0 Å². The van der Waals surface area contributed by atoms with E-state index >= 15 is 0 Å². The minimum atomic E-state index is -1.51. The van der Waals surface area contributed by atoms with Gasteiger partial charge in [-0.05, 0) is 6.42 Å². The number of hydrogen-bond donors (Lipinski definition) is 4. The molecule has 1 saturated heterocycles. The van der Waals surface area contributed by atoms with Crippen LogP contribution in [0.3, 0.4) is 0 Å². The van der Waals surface area contributed by atoms with Crippen LogP contribution in [-0.2, 0) is 19.1 Å². The molecule has 1 heterocycles. The Morgan fingerprint density at radius 3 is 1.69 bits per heavy atom. The van der Waals surface area contributed by atoms with E-state index in [1.54, 1.807) is 0 Å². The van der Waals surface area contributed by atoms with Gasteiger partial charge in [-0.3, -0.25) is 4.84 Å². The van der Waals surface area contributed by atoms with Crippen LogP contribution in [0.25, 0.3) is 0 Å². The fourth-order valence-electron chi connectivity index (χ4n) is 4.49. The highest BCUT2D eigenvalue weighted by Gasteiger charge is 2.45. The van der Waals surface area contributed by atoms with Crippen molar-refractivity contribution >= 4 is 5.97 Å². The molecule has 9 heteroatoms. The zero-order valence-electron chi connectivity index (χ0n) is 22.7. The van der Waals surface area contributed by atoms with Gasteiger partial charge in [0.2, 0.25) is 0 Å². The zero-order chi connectivity index (χ0) is 26.6. The van der Waals surface area contributed by atoms with E-state index < -0.39 is 43.2 Å². The summed E-state index contributed by atoms with van der Waals surface area (Å²) in [6.45, 7) is 1.70. The van der Waals surface area contributed by atoms with E-state index in [2.05, 4.69) is 6.92 Å². The highest BCUT2D eigenvalue weighted by Crippen LogP contribution is 2.23. The van der Waals surface area contributed by atoms with Crippen LogP contribution < -0.4 is 0 Å². The SMILES string of the molecule is CCCCCCCCCCCCCCCCCCOC(=O)CON(C)[C@@H]1O[C@H](CO)[C@H](O)[C@H](O)[C@H]1O. The van der Waals surface area contributed by atoms with Crippen LogP contribution in [-0.4, -0.2) is 89.0 Å². The van der Waals surface area contributed by atoms with Crippen molar-refractivity contribution in [1.82, 2.24) is 5.06 Å². The highest BCUT2D eigenvalue weighted by molar-refractivity contribution is 5.70. The van der Waals surface area contributed by atoms with Gasteiger partial charge < -0.3 is 29.9 Å². The molecular formula is C27H53NO8. The number of ether oxygens (including phenoxy) is 2. The summed E-state index contributed by atoms with van der Waals surface area (Å²) in [6.07, 6.45) is 14.0. The predicted molar refractivity (Wildman–Crippen MR) is 138 cm³/mol. The molecule has 0 bridgehead atoms. The third-order valence-electron chi connectivity index (χ3n) is 6.87. The summed E-state index contributed by atoms with van der Waals surface area (Å²) in [5, 5.41) is 40.1. The first kappa shape index (κ1) is 33.2. The van der Waals surface area contributed by atoms with Gasteiger partial charge in [0.05, 0.1) is 13.2 Å². The van der Waals surface area contributed by atoms with Crippen molar-refractivity contribution in [2.75, 3.05) is 26.9 Å². The van der Waals surface area contributed by atoms with Crippen LogP contribution in [0.5, 0.6) is 0 Å². The number of hydrogen-bond acceptors (Lipinski definition) is 9. The summed E-state index contributed by atoms with van der Waals surface area (Å²) in [5.41, 5.74) is 0. The minimum absolute atomic E-state index is 0.338. The van der Waals surface area contributed by atoms with Gasteiger partial charge in [0, 0.05) is 7.05 Å². The molecule has 0 radical (unpaired) electrons. The van der Waals surface area contributed by atoms with E-state index in [-0.39, 0.29) is 6.61 Å². The smallest absolute Gasteiger partial charge is 0.334 e. The van der Waals surface area contributed by atoms with Gasteiger partial charge in [-0.15, -0.1) is 0 Å². The quantitative estimate of drug-likeness (QED) is 0.0965. The molecule has 0 aromatic carbocycles. The molecule has 1 aliphatic rings. The molecule has 0 aromatic heterocycles. The first-order chi connectivity index (χ1) is 17.4. The van der Waals surface area contributed by atoms with Crippen molar-refractivity contribution in [1.29, 1.82) is 0 Å². The lowest BCUT2D eigenvalue weighted by Crippen LogP contribution is -2.62. The summed E-state index contributed by atoms with van der Waals surface area (Å²) in [7, 11) is 1.43. The lowest BCUT2D eigenvalue weighted by Gasteiger charge is -2.42. The average Bonchev–Trinajstić information content (AvgIpc) is 2.88. The summed E-state index contributed by atoms with van der Waals surface area (Å²) in [5.74, 6) is -0.535. The van der Waals surface area contributed by atoms with E-state index in [0.717, 1.165) is 24.3 Å². The number of aliphatic hydroxyl groups is 4. The van der Waals surface area contributed by atoms with Crippen molar-refractivity contribution in [2.24, 2.45) is 0 Å². The topological polar surface area (TPSA) is 129 Å². The molecule has 0 spiro atoms. The second kappa shape index (κ2) is 21.2. The summed E-state index contributed by atoms with van der Waals surface area (Å²) < 4.78 is 10.5. The first-order valence-electron chi connectivity index (χ1n) is 14.2. The fourth-order valence-corrected chi connectivity index (χ4v) is 4.49. The number of carbonyl (C=O) groups excluding carboxylic acids is 1. The Morgan fingerprint density at radius 1 is 0.750 bits per heavy atom. The number of esters is 1. The molecule has 1 fully saturated rings. The first-order valence-corrected chi connectivity index (χ1v) is 14.2. The van der Waals surface area contributed by atoms with Gasteiger partial charge in [-0.2, -0.15) is 5.06 Å². The van der Waals surface area contributed by atoms with Crippen LogP contribution in [0.1, 0.15) is 110 Å². The molecule has 36 heavy (non-hydrogen) atoms. The third kappa shape index (κ3) is 14.2. The van der Waals surface area contributed by atoms with Gasteiger partial charge in [0.25, 0.3) is 0 Å². The number of hydroxylamine groups is 2. The molecule has 4 N–H and O–H groups in total. The maximum absolute atomic E-state index is 11.9. The number of likely N-dealkylation sites (N-methyl/N-ethyl adjacent to an activating group) is 1. The molecule has 0 amide bonds. The van der Waals surface area contributed by atoms with Crippen molar-refractivity contribution in [3.05, 3.63) is 0 Å². The zero-order valence-corrected chi connectivity index (χ0v) is 22.7. The summed E-state index contributed by atoms with van der Waals surface area (Å²) >= 11 is 0. The molecule has 214 valence electrons. The maximum Gasteiger partial charge on any atom is 0.334 e. The summed E-state index contributed by atoms with van der Waals surface area (Å²) in [6, 6.07) is 0. The second-order valence-corrected chi connectivity index (χ2v) is 10.1. The number of aliphatic hydroxyl groups excluding tert-OH is 4. The molecule has 9 nitrogen and oxygen atoms in total. The highest BCUT2D eigenvalue weighted by atomic mass is 16.7. The van der Waals surface area contributed by atoms with Crippen molar-refractivity contribution in [2.45, 2.75) is 140 Å². The molecular weight excluding hydrogens is 466 g/mol. The monoisotopic (exact) mass is 519 g/mol. The van der Waals surface area contributed by atoms with E-state index in [9.17, 15) is 25.2 Å². The molecule has 1 rings (SSSR count). The fraction of sp³-hybridized carbons (Fsp3) is 0.963. The molecule has 0 aliphatic carbocycles. The summed E-state index contributed by atoms with van der Waals surface area (Å²) in [4.78, 5) is 17.2. The number of carbonyl (C=O) groups is 1. The Bertz CT molecular complexity index is 536. The Morgan fingerprint density at radius 2 is 1.22 bits per heavy atom. The van der Waals surface area contributed by atoms with Crippen LogP contribution in [0.2, 0.25) is 0 Å². The molecule has 1 aliphatic heterocycles. The van der Waals surface area contributed by atoms with Gasteiger partial charge in [0.1, 0.15) is 24.4 Å². The molecule has 0 aromatic rings. The van der Waals surface area contributed by atoms with E-state index in [0.29, 0.717) is 6.61 Å². The molecule has 0 unspecified atom stereocenters. The van der Waals surface area contributed by atoms with Gasteiger partial charge >= 0.3 is 5.97 Å². The second-order valence-electron chi connectivity index (χ2n) is 10.1. The Labute approximate surface area is 218 Å². The van der Waals surface area contributed by atoms with Crippen molar-refractivity contribution < 1.29 is 39.5 Å². The standard InChI is InChI=1S/C27H53NO8/c1-3-4-5-6-7-8-9-10-11-12-13-14-15-16-17-18-19-34-23(30)21-35-28(2)27-26(33)25(32)24(31)22(20-29)36-27/h22,24-27,29,31-33H,3-21H2,1-2H3/t22-,24+,25+,26-,27-/m1/s1. The normalized spacial score (nSPS) is 24.4. The number of rotatable bonds is 22. The van der Waals surface area contributed by atoms with Crippen LogP contribution in [0.15, 0.2) is 0 Å². The number of unbranched alkanes of at least 4 members (excludes halogenated alkanes) is 15. The maximum atomic E-state index is 11.9. The Balaban J connectivity index is 1.93. The van der Waals surface area contributed by atoms with Crippen LogP contribution >= 0.6 is 0 Å². The van der Waals surface area contributed by atoms with E-state index in [1.165, 1.54) is 90.5 Å². The Hall–Kier alpha value is -0.810. The van der Waals surface area contributed by atoms with Crippen LogP contribution in [0, 0.1) is 0 Å². The van der Waals surface area contributed by atoms with E-state index in [1.807, 2.05) is 0 Å². The number of nitrogens with zero attached hydrogens (tertiary/aromatic N) is 1. The van der Waals surface area contributed by atoms with Crippen molar-refractivity contribution in [3.8, 4) is 0 Å².